The van der Waals surface area contributed by atoms with Crippen molar-refractivity contribution in [1.82, 2.24) is 0 Å². The molecule has 3 heterocycles. The summed E-state index contributed by atoms with van der Waals surface area (Å²) in [6.45, 7) is 7.07. The molecule has 1 N–H and O–H groups in total. The molecule has 1 amide bonds. The van der Waals surface area contributed by atoms with E-state index >= 15 is 0 Å². The Morgan fingerprint density at radius 2 is 1.55 bits per heavy atom. The molecule has 9 nitrogen and oxygen atoms in total. The van der Waals surface area contributed by atoms with Crippen molar-refractivity contribution in [3.63, 3.8) is 0 Å². The molecule has 3 aliphatic heterocycles. The van der Waals surface area contributed by atoms with E-state index in [1.54, 1.807) is 52.0 Å². The predicted molar refractivity (Wildman–Crippen MR) is 98.9 cm³/mol. The first-order valence-corrected chi connectivity index (χ1v) is 9.45. The van der Waals surface area contributed by atoms with Crippen molar-refractivity contribution >= 4 is 17.6 Å². The average Bonchev–Trinajstić information content (AvgIpc) is 3.14. The number of methoxy groups -OCH3 is 1. The molecule has 0 radical (unpaired) electrons. The Kier molecular flexibility index (Phi) is 4.91. The van der Waals surface area contributed by atoms with Gasteiger partial charge in [0, 0.05) is 0 Å². The summed E-state index contributed by atoms with van der Waals surface area (Å²) >= 11 is 0. The summed E-state index contributed by atoms with van der Waals surface area (Å²) in [5, 5.41) is 2.74. The van der Waals surface area contributed by atoms with Gasteiger partial charge in [0.2, 0.25) is 0 Å². The Morgan fingerprint density at radius 3 is 2.28 bits per heavy atom. The van der Waals surface area contributed by atoms with Gasteiger partial charge in [-0.25, -0.2) is 4.79 Å². The normalized spacial score (nSPS) is 34.2. The number of ether oxygens (including phenoxy) is 6. The molecule has 3 fully saturated rings. The van der Waals surface area contributed by atoms with Gasteiger partial charge in [-0.1, -0.05) is 12.1 Å². The number of esters is 1. The standard InChI is InChI=1S/C20H25NO8/c1-19(2)26-12-13(27-19)15-18(29-20(3,4)28-15)25-14(12)16(22)21-11-9-7-6-8-10(11)17(23)24-5/h6-9,12-15,18H,1-5H3,(H,21,22)/t12-,13+,14-,15+,18+/m0/s1. The molecule has 3 saturated heterocycles. The van der Waals surface area contributed by atoms with Crippen LogP contribution in [0.5, 0.6) is 0 Å². The topological polar surface area (TPSA) is 102 Å². The van der Waals surface area contributed by atoms with Gasteiger partial charge < -0.3 is 33.7 Å². The number of hydrogen-bond donors (Lipinski definition) is 1. The minimum atomic E-state index is -1.02. The molecule has 1 aromatic rings. The number of rotatable bonds is 3. The number of hydrogen-bond acceptors (Lipinski definition) is 8. The number of carbonyl (C=O) groups excluding carboxylic acids is 2. The van der Waals surface area contributed by atoms with Crippen LogP contribution >= 0.6 is 0 Å². The van der Waals surface area contributed by atoms with Crippen molar-refractivity contribution in [2.24, 2.45) is 0 Å². The van der Waals surface area contributed by atoms with Crippen molar-refractivity contribution < 1.29 is 38.0 Å². The summed E-state index contributed by atoms with van der Waals surface area (Å²) < 4.78 is 34.4. The van der Waals surface area contributed by atoms with Gasteiger partial charge in [-0.3, -0.25) is 4.79 Å². The monoisotopic (exact) mass is 407 g/mol. The third kappa shape index (κ3) is 3.76. The van der Waals surface area contributed by atoms with Crippen LogP contribution in [-0.4, -0.2) is 61.3 Å². The first kappa shape index (κ1) is 20.2. The highest BCUT2D eigenvalue weighted by atomic mass is 16.9. The summed E-state index contributed by atoms with van der Waals surface area (Å²) in [6.07, 6.45) is -3.57. The molecule has 158 valence electrons. The third-order valence-corrected chi connectivity index (χ3v) is 5.00. The van der Waals surface area contributed by atoms with Gasteiger partial charge in [0.25, 0.3) is 5.91 Å². The zero-order valence-electron chi connectivity index (χ0n) is 17.0. The molecule has 0 aliphatic carbocycles. The van der Waals surface area contributed by atoms with E-state index in [1.807, 2.05) is 0 Å². The SMILES string of the molecule is COC(=O)c1ccccc1NC(=O)[C@H]1O[C@@H]2OC(C)(C)O[C@@H]2[C@@H]2OC(C)(C)O[C@@H]21. The molecular weight excluding hydrogens is 382 g/mol. The molecule has 3 aliphatic rings. The molecule has 0 saturated carbocycles. The predicted octanol–water partition coefficient (Wildman–Crippen LogP) is 1.81. The van der Waals surface area contributed by atoms with Crippen molar-refractivity contribution in [2.75, 3.05) is 12.4 Å². The molecule has 5 atom stereocenters. The van der Waals surface area contributed by atoms with E-state index in [-0.39, 0.29) is 5.56 Å². The minimum Gasteiger partial charge on any atom is -0.465 e. The lowest BCUT2D eigenvalue weighted by Crippen LogP contribution is -2.58. The first-order chi connectivity index (χ1) is 13.6. The van der Waals surface area contributed by atoms with Crippen LogP contribution in [0.4, 0.5) is 5.69 Å². The Morgan fingerprint density at radius 1 is 0.931 bits per heavy atom. The van der Waals surface area contributed by atoms with Gasteiger partial charge in [-0.05, 0) is 39.8 Å². The van der Waals surface area contributed by atoms with Gasteiger partial charge >= 0.3 is 5.97 Å². The van der Waals surface area contributed by atoms with Crippen molar-refractivity contribution in [1.29, 1.82) is 0 Å². The molecule has 0 bridgehead atoms. The lowest BCUT2D eigenvalue weighted by molar-refractivity contribution is -0.229. The second kappa shape index (κ2) is 7.03. The molecular formula is C20H25NO8. The van der Waals surface area contributed by atoms with Crippen LogP contribution in [0.3, 0.4) is 0 Å². The van der Waals surface area contributed by atoms with Crippen molar-refractivity contribution in [3.05, 3.63) is 29.8 Å². The molecule has 29 heavy (non-hydrogen) atoms. The second-order valence-electron chi connectivity index (χ2n) is 8.12. The average molecular weight is 407 g/mol. The Hall–Kier alpha value is -2.04. The van der Waals surface area contributed by atoms with E-state index in [2.05, 4.69) is 5.32 Å². The maximum absolute atomic E-state index is 13.1. The quantitative estimate of drug-likeness (QED) is 0.757. The lowest BCUT2D eigenvalue weighted by atomic mass is 9.98. The molecule has 0 spiro atoms. The fourth-order valence-electron chi connectivity index (χ4n) is 3.91. The molecule has 9 heteroatoms. The summed E-state index contributed by atoms with van der Waals surface area (Å²) in [4.78, 5) is 25.1. The third-order valence-electron chi connectivity index (χ3n) is 5.00. The van der Waals surface area contributed by atoms with E-state index < -0.39 is 54.2 Å². The van der Waals surface area contributed by atoms with Crippen LogP contribution in [0.2, 0.25) is 0 Å². The molecule has 1 aromatic carbocycles. The summed E-state index contributed by atoms with van der Waals surface area (Å²) in [5.41, 5.74) is 0.549. The number of nitrogens with one attached hydrogen (secondary N) is 1. The van der Waals surface area contributed by atoms with E-state index in [4.69, 9.17) is 28.4 Å². The maximum Gasteiger partial charge on any atom is 0.339 e. The van der Waals surface area contributed by atoms with E-state index in [9.17, 15) is 9.59 Å². The van der Waals surface area contributed by atoms with Crippen molar-refractivity contribution in [2.45, 2.75) is 70.0 Å². The lowest BCUT2D eigenvalue weighted by Gasteiger charge is -2.36. The van der Waals surface area contributed by atoms with Gasteiger partial charge in [0.1, 0.15) is 18.3 Å². The van der Waals surface area contributed by atoms with Crippen LogP contribution in [0.1, 0.15) is 38.1 Å². The zero-order valence-corrected chi connectivity index (χ0v) is 17.0. The summed E-state index contributed by atoms with van der Waals surface area (Å²) in [6, 6.07) is 6.57. The maximum atomic E-state index is 13.1. The van der Waals surface area contributed by atoms with Gasteiger partial charge in [-0.2, -0.15) is 0 Å². The van der Waals surface area contributed by atoms with Crippen LogP contribution in [-0.2, 0) is 33.2 Å². The zero-order chi connectivity index (χ0) is 21.0. The summed E-state index contributed by atoms with van der Waals surface area (Å²) in [5.74, 6) is -2.83. The van der Waals surface area contributed by atoms with E-state index in [0.717, 1.165) is 0 Å². The smallest absolute Gasteiger partial charge is 0.339 e. The van der Waals surface area contributed by atoms with Crippen LogP contribution < -0.4 is 5.32 Å². The minimum absolute atomic E-state index is 0.235. The Bertz CT molecular complexity index is 822. The number of anilines is 1. The molecule has 0 aromatic heterocycles. The number of benzene rings is 1. The van der Waals surface area contributed by atoms with E-state index in [0.29, 0.717) is 5.69 Å². The van der Waals surface area contributed by atoms with Crippen LogP contribution in [0.15, 0.2) is 24.3 Å². The molecule has 4 rings (SSSR count). The highest BCUT2D eigenvalue weighted by Crippen LogP contribution is 2.44. The highest BCUT2D eigenvalue weighted by Gasteiger charge is 2.62. The summed E-state index contributed by atoms with van der Waals surface area (Å²) in [7, 11) is 1.28. The first-order valence-electron chi connectivity index (χ1n) is 9.45. The van der Waals surface area contributed by atoms with Crippen LogP contribution in [0, 0.1) is 0 Å². The van der Waals surface area contributed by atoms with Crippen molar-refractivity contribution in [3.8, 4) is 0 Å². The number of carbonyl (C=O) groups is 2. The Balaban J connectivity index is 1.59. The van der Waals surface area contributed by atoms with Gasteiger partial charge in [0.05, 0.1) is 18.4 Å². The number of amides is 1. The second-order valence-corrected chi connectivity index (χ2v) is 8.12. The van der Waals surface area contributed by atoms with Crippen LogP contribution in [0.25, 0.3) is 0 Å². The molecule has 0 unspecified atom stereocenters. The Labute approximate surface area is 168 Å². The fourth-order valence-corrected chi connectivity index (χ4v) is 3.91. The van der Waals surface area contributed by atoms with Gasteiger partial charge in [0.15, 0.2) is 24.0 Å². The van der Waals surface area contributed by atoms with E-state index in [1.165, 1.54) is 7.11 Å². The number of para-hydroxylation sites is 1. The fraction of sp³-hybridized carbons (Fsp3) is 0.600. The van der Waals surface area contributed by atoms with Gasteiger partial charge in [-0.15, -0.1) is 0 Å². The largest absolute Gasteiger partial charge is 0.465 e. The number of fused-ring (bicyclic) bond motifs is 3. The highest BCUT2D eigenvalue weighted by molar-refractivity contribution is 6.02.